The summed E-state index contributed by atoms with van der Waals surface area (Å²) in [5.41, 5.74) is 0.722. The number of hydrogen-bond donors (Lipinski definition) is 1. The van der Waals surface area contributed by atoms with Crippen LogP contribution in [0.3, 0.4) is 0 Å². The lowest BCUT2D eigenvalue weighted by Crippen LogP contribution is -1.99. The second kappa shape index (κ2) is 5.70. The number of rotatable bonds is 4. The molecule has 0 fully saturated rings. The van der Waals surface area contributed by atoms with Crippen molar-refractivity contribution in [3.05, 3.63) is 57.8 Å². The minimum absolute atomic E-state index is 0.0848. The van der Waals surface area contributed by atoms with E-state index in [1.807, 2.05) is 0 Å². The minimum Gasteiger partial charge on any atom is -0.478 e. The number of hydrogen-bond acceptors (Lipinski definition) is 5. The van der Waals surface area contributed by atoms with E-state index in [-0.39, 0.29) is 11.3 Å². The van der Waals surface area contributed by atoms with Crippen molar-refractivity contribution in [1.82, 2.24) is 4.98 Å². The molecule has 7 heteroatoms. The smallest absolute Gasteiger partial charge is 0.336 e. The van der Waals surface area contributed by atoms with Crippen LogP contribution < -0.4 is 0 Å². The van der Waals surface area contributed by atoms with Crippen LogP contribution in [0.25, 0.3) is 0 Å². The number of pyridine rings is 1. The number of carbonyl (C=O) groups is 1. The molecule has 6 nitrogen and oxygen atoms in total. The first-order valence-electron chi connectivity index (χ1n) is 5.60. The zero-order valence-corrected chi connectivity index (χ0v) is 11.3. The summed E-state index contributed by atoms with van der Waals surface area (Å²) >= 11 is 1.18. The summed E-state index contributed by atoms with van der Waals surface area (Å²) in [6.07, 6.45) is 1.17. The zero-order valence-electron chi connectivity index (χ0n) is 10.4. The summed E-state index contributed by atoms with van der Waals surface area (Å²) in [6.45, 7) is 1.70. The second-order valence-electron chi connectivity index (χ2n) is 3.98. The highest BCUT2D eigenvalue weighted by Gasteiger charge is 2.14. The molecule has 0 aliphatic heterocycles. The van der Waals surface area contributed by atoms with Crippen molar-refractivity contribution >= 4 is 23.4 Å². The fourth-order valence-corrected chi connectivity index (χ4v) is 2.54. The molecule has 0 radical (unpaired) electrons. The maximum Gasteiger partial charge on any atom is 0.336 e. The number of carboxylic acid groups (broad SMARTS) is 1. The summed E-state index contributed by atoms with van der Waals surface area (Å²) in [5, 5.41) is 20.3. The molecule has 20 heavy (non-hydrogen) atoms. The monoisotopic (exact) mass is 290 g/mol. The summed E-state index contributed by atoms with van der Waals surface area (Å²) in [5.74, 6) is -1.02. The lowest BCUT2D eigenvalue weighted by atomic mass is 10.2. The van der Waals surface area contributed by atoms with E-state index in [9.17, 15) is 14.9 Å². The van der Waals surface area contributed by atoms with Crippen molar-refractivity contribution in [2.24, 2.45) is 0 Å². The molecule has 0 bridgehead atoms. The molecule has 0 atom stereocenters. The van der Waals surface area contributed by atoms with Crippen LogP contribution in [0, 0.1) is 17.0 Å². The van der Waals surface area contributed by atoms with Crippen LogP contribution >= 0.6 is 11.8 Å². The normalized spacial score (nSPS) is 10.2. The summed E-state index contributed by atoms with van der Waals surface area (Å²) in [6, 6.07) is 7.97. The average molecular weight is 290 g/mol. The van der Waals surface area contributed by atoms with Gasteiger partial charge in [-0.15, -0.1) is 0 Å². The zero-order chi connectivity index (χ0) is 14.7. The van der Waals surface area contributed by atoms with Gasteiger partial charge in [0.1, 0.15) is 11.2 Å². The largest absolute Gasteiger partial charge is 0.478 e. The lowest BCUT2D eigenvalue weighted by molar-refractivity contribution is -0.385. The molecule has 1 aromatic heterocycles. The first-order valence-corrected chi connectivity index (χ1v) is 6.42. The number of nitro groups is 1. The third kappa shape index (κ3) is 2.94. The molecule has 0 unspecified atom stereocenters. The van der Waals surface area contributed by atoms with Crippen LogP contribution in [0.5, 0.6) is 0 Å². The summed E-state index contributed by atoms with van der Waals surface area (Å²) < 4.78 is 0. The SMILES string of the molecule is Cc1cc([N+](=O)[O-])cnc1Sc1ccccc1C(=O)O. The Morgan fingerprint density at radius 1 is 1.40 bits per heavy atom. The Balaban J connectivity index is 2.36. The predicted molar refractivity (Wildman–Crippen MR) is 73.2 cm³/mol. The van der Waals surface area contributed by atoms with E-state index in [4.69, 9.17) is 5.11 Å². The van der Waals surface area contributed by atoms with E-state index in [1.54, 1.807) is 25.1 Å². The Bertz CT molecular complexity index is 688. The van der Waals surface area contributed by atoms with Gasteiger partial charge in [-0.1, -0.05) is 23.9 Å². The van der Waals surface area contributed by atoms with Crippen molar-refractivity contribution in [3.63, 3.8) is 0 Å². The van der Waals surface area contributed by atoms with Gasteiger partial charge in [-0.25, -0.2) is 9.78 Å². The third-order valence-corrected chi connectivity index (χ3v) is 3.75. The van der Waals surface area contributed by atoms with Gasteiger partial charge in [-0.2, -0.15) is 0 Å². The lowest BCUT2D eigenvalue weighted by Gasteiger charge is -2.06. The Morgan fingerprint density at radius 3 is 2.70 bits per heavy atom. The van der Waals surface area contributed by atoms with Crippen molar-refractivity contribution in [1.29, 1.82) is 0 Å². The second-order valence-corrected chi connectivity index (χ2v) is 5.01. The van der Waals surface area contributed by atoms with Gasteiger partial charge in [0.05, 0.1) is 10.5 Å². The maximum atomic E-state index is 11.1. The van der Waals surface area contributed by atoms with Gasteiger partial charge in [0.25, 0.3) is 5.69 Å². The first kappa shape index (κ1) is 14.0. The molecule has 0 saturated carbocycles. The number of nitrogens with zero attached hydrogens (tertiary/aromatic N) is 2. The molecule has 0 aliphatic carbocycles. The van der Waals surface area contributed by atoms with Gasteiger partial charge in [0.2, 0.25) is 0 Å². The Morgan fingerprint density at radius 2 is 2.10 bits per heavy atom. The Kier molecular flexibility index (Phi) is 3.99. The number of aromatic carboxylic acids is 1. The summed E-state index contributed by atoms with van der Waals surface area (Å²) in [4.78, 5) is 25.8. The third-order valence-electron chi connectivity index (χ3n) is 2.55. The van der Waals surface area contributed by atoms with E-state index in [0.717, 1.165) is 0 Å². The Hall–Kier alpha value is -2.41. The number of benzene rings is 1. The van der Waals surface area contributed by atoms with Gasteiger partial charge in [-0.3, -0.25) is 10.1 Å². The van der Waals surface area contributed by atoms with Crippen molar-refractivity contribution in [2.45, 2.75) is 16.8 Å². The quantitative estimate of drug-likeness (QED) is 0.686. The molecule has 1 N–H and O–H groups in total. The van der Waals surface area contributed by atoms with Crippen molar-refractivity contribution in [3.8, 4) is 0 Å². The van der Waals surface area contributed by atoms with E-state index in [0.29, 0.717) is 15.5 Å². The van der Waals surface area contributed by atoms with E-state index >= 15 is 0 Å². The van der Waals surface area contributed by atoms with Gasteiger partial charge in [-0.05, 0) is 24.6 Å². The predicted octanol–water partition coefficient (Wildman–Crippen LogP) is 3.15. The number of aryl methyl sites for hydroxylation is 1. The molecule has 1 heterocycles. The number of carboxylic acids is 1. The molecule has 2 aromatic rings. The van der Waals surface area contributed by atoms with Gasteiger partial charge >= 0.3 is 5.97 Å². The molecule has 102 valence electrons. The molecule has 0 amide bonds. The van der Waals surface area contributed by atoms with Crippen LogP contribution in [0.1, 0.15) is 15.9 Å². The molecular formula is C13H10N2O4S. The minimum atomic E-state index is -1.02. The van der Waals surface area contributed by atoms with Crippen molar-refractivity contribution < 1.29 is 14.8 Å². The van der Waals surface area contributed by atoms with Gasteiger partial charge in [0, 0.05) is 11.0 Å². The highest BCUT2D eigenvalue weighted by atomic mass is 32.2. The van der Waals surface area contributed by atoms with Crippen molar-refractivity contribution in [2.75, 3.05) is 0 Å². The van der Waals surface area contributed by atoms with E-state index in [2.05, 4.69) is 4.98 Å². The molecule has 1 aromatic carbocycles. The fourth-order valence-electron chi connectivity index (χ4n) is 1.59. The van der Waals surface area contributed by atoms with Gasteiger partial charge < -0.3 is 5.11 Å². The molecule has 2 rings (SSSR count). The van der Waals surface area contributed by atoms with Gasteiger partial charge in [0.15, 0.2) is 0 Å². The fraction of sp³-hybridized carbons (Fsp3) is 0.0769. The van der Waals surface area contributed by atoms with Crippen LogP contribution in [-0.4, -0.2) is 21.0 Å². The summed E-state index contributed by atoms with van der Waals surface area (Å²) in [7, 11) is 0. The maximum absolute atomic E-state index is 11.1. The topological polar surface area (TPSA) is 93.3 Å². The molecule has 0 spiro atoms. The molecule has 0 aliphatic rings. The van der Waals surface area contributed by atoms with Crippen LogP contribution in [0.4, 0.5) is 5.69 Å². The van der Waals surface area contributed by atoms with Crippen LogP contribution in [0.2, 0.25) is 0 Å². The van der Waals surface area contributed by atoms with Crippen LogP contribution in [-0.2, 0) is 0 Å². The molecule has 0 saturated heterocycles. The highest BCUT2D eigenvalue weighted by molar-refractivity contribution is 7.99. The first-order chi connectivity index (χ1) is 9.49. The average Bonchev–Trinajstić information content (AvgIpc) is 2.41. The van der Waals surface area contributed by atoms with E-state index in [1.165, 1.54) is 30.1 Å². The van der Waals surface area contributed by atoms with E-state index < -0.39 is 10.9 Å². The Labute approximate surface area is 118 Å². The molecular weight excluding hydrogens is 280 g/mol. The van der Waals surface area contributed by atoms with Crippen LogP contribution in [0.15, 0.2) is 46.5 Å². The highest BCUT2D eigenvalue weighted by Crippen LogP contribution is 2.32. The number of aromatic nitrogens is 1. The standard InChI is InChI=1S/C13H10N2O4S/c1-8-6-9(15(18)19)7-14-12(8)20-11-5-3-2-4-10(11)13(16)17/h2-7H,1H3,(H,16,17).